The first-order valence-electron chi connectivity index (χ1n) is 12.3. The Labute approximate surface area is 187 Å². The van der Waals surface area contributed by atoms with Crippen molar-refractivity contribution < 1.29 is 14.3 Å². The minimum absolute atomic E-state index is 0.0421. The third kappa shape index (κ3) is 7.75. The van der Waals surface area contributed by atoms with E-state index in [4.69, 9.17) is 4.74 Å². The summed E-state index contributed by atoms with van der Waals surface area (Å²) in [5.74, 6) is 0.837. The lowest BCUT2D eigenvalue weighted by Gasteiger charge is -2.22. The molecule has 0 radical (unpaired) electrons. The highest BCUT2D eigenvalue weighted by Gasteiger charge is 2.31. The Bertz CT molecular complexity index is 680. The highest BCUT2D eigenvalue weighted by atomic mass is 16.5. The third-order valence-electron chi connectivity index (χ3n) is 6.36. The SMILES string of the molecule is CCOc1ccc(N2C[C@H](NC(=O)NC3CCCCCCCCCCC3)CC2=O)cc1. The van der Waals surface area contributed by atoms with Gasteiger partial charge in [0.2, 0.25) is 5.91 Å². The van der Waals surface area contributed by atoms with E-state index >= 15 is 0 Å². The predicted molar refractivity (Wildman–Crippen MR) is 125 cm³/mol. The van der Waals surface area contributed by atoms with Gasteiger partial charge in [0.25, 0.3) is 0 Å². The Balaban J connectivity index is 1.47. The Morgan fingerprint density at radius 2 is 1.45 bits per heavy atom. The van der Waals surface area contributed by atoms with Crippen LogP contribution in [0.5, 0.6) is 5.75 Å². The lowest BCUT2D eigenvalue weighted by molar-refractivity contribution is -0.117. The summed E-state index contributed by atoms with van der Waals surface area (Å²) >= 11 is 0. The van der Waals surface area contributed by atoms with E-state index in [0.29, 0.717) is 19.6 Å². The molecule has 31 heavy (non-hydrogen) atoms. The lowest BCUT2D eigenvalue weighted by Crippen LogP contribution is -2.47. The van der Waals surface area contributed by atoms with Crippen LogP contribution in [0.15, 0.2) is 24.3 Å². The number of nitrogens with zero attached hydrogens (tertiary/aromatic N) is 1. The molecule has 3 rings (SSSR count). The summed E-state index contributed by atoms with van der Waals surface area (Å²) in [5, 5.41) is 6.23. The maximum Gasteiger partial charge on any atom is 0.315 e. The Morgan fingerprint density at radius 1 is 0.903 bits per heavy atom. The van der Waals surface area contributed by atoms with Crippen molar-refractivity contribution in [2.75, 3.05) is 18.1 Å². The summed E-state index contributed by atoms with van der Waals surface area (Å²) in [6.45, 7) is 3.07. The first kappa shape index (κ1) is 23.4. The van der Waals surface area contributed by atoms with Gasteiger partial charge in [0.1, 0.15) is 5.75 Å². The van der Waals surface area contributed by atoms with Crippen molar-refractivity contribution >= 4 is 17.6 Å². The van der Waals surface area contributed by atoms with Crippen LogP contribution >= 0.6 is 0 Å². The molecule has 6 heteroatoms. The molecule has 172 valence electrons. The van der Waals surface area contributed by atoms with Crippen LogP contribution in [-0.2, 0) is 4.79 Å². The van der Waals surface area contributed by atoms with Crippen molar-refractivity contribution in [3.8, 4) is 5.75 Å². The maximum atomic E-state index is 12.6. The monoisotopic (exact) mass is 429 g/mol. The highest BCUT2D eigenvalue weighted by molar-refractivity contribution is 5.96. The van der Waals surface area contributed by atoms with Crippen molar-refractivity contribution in [2.24, 2.45) is 0 Å². The molecule has 3 amide bonds. The van der Waals surface area contributed by atoms with Gasteiger partial charge in [-0.3, -0.25) is 4.79 Å². The number of hydrogen-bond acceptors (Lipinski definition) is 3. The van der Waals surface area contributed by atoms with Gasteiger partial charge >= 0.3 is 6.03 Å². The van der Waals surface area contributed by atoms with Gasteiger partial charge in [0.05, 0.1) is 12.6 Å². The standard InChI is InChI=1S/C25H39N3O3/c1-2-31-23-16-14-22(15-17-23)28-19-21(18-24(28)29)27-25(30)26-20-12-10-8-6-4-3-5-7-9-11-13-20/h14-17,20-21H,2-13,18-19H2,1H3,(H2,26,27,30)/t21-/m1/s1. The summed E-state index contributed by atoms with van der Waals surface area (Å²) < 4.78 is 5.47. The van der Waals surface area contributed by atoms with E-state index in [1.807, 2.05) is 31.2 Å². The van der Waals surface area contributed by atoms with Crippen LogP contribution in [0.25, 0.3) is 0 Å². The van der Waals surface area contributed by atoms with Crippen LogP contribution < -0.4 is 20.3 Å². The average molecular weight is 430 g/mol. The molecule has 1 aliphatic heterocycles. The molecule has 1 atom stereocenters. The van der Waals surface area contributed by atoms with Gasteiger partial charge in [-0.2, -0.15) is 0 Å². The largest absolute Gasteiger partial charge is 0.494 e. The van der Waals surface area contributed by atoms with Crippen molar-refractivity contribution in [3.63, 3.8) is 0 Å². The third-order valence-corrected chi connectivity index (χ3v) is 6.36. The molecule has 0 spiro atoms. The van der Waals surface area contributed by atoms with E-state index in [-0.39, 0.29) is 24.0 Å². The van der Waals surface area contributed by atoms with E-state index in [1.165, 1.54) is 57.8 Å². The number of carbonyl (C=O) groups is 2. The summed E-state index contributed by atoms with van der Waals surface area (Å²) in [5.41, 5.74) is 0.845. The number of hydrogen-bond donors (Lipinski definition) is 2. The molecule has 1 aliphatic carbocycles. The van der Waals surface area contributed by atoms with E-state index in [2.05, 4.69) is 10.6 Å². The average Bonchev–Trinajstić information content (AvgIpc) is 3.10. The van der Waals surface area contributed by atoms with E-state index in [0.717, 1.165) is 24.3 Å². The lowest BCUT2D eigenvalue weighted by atomic mass is 9.98. The zero-order valence-electron chi connectivity index (χ0n) is 19.0. The fourth-order valence-corrected chi connectivity index (χ4v) is 4.66. The Kier molecular flexibility index (Phi) is 9.50. The Morgan fingerprint density at radius 3 is 2.03 bits per heavy atom. The van der Waals surface area contributed by atoms with Gasteiger partial charge < -0.3 is 20.3 Å². The van der Waals surface area contributed by atoms with Gasteiger partial charge in [-0.05, 0) is 44.0 Å². The number of anilines is 1. The number of carbonyl (C=O) groups excluding carboxylic acids is 2. The molecular weight excluding hydrogens is 390 g/mol. The van der Waals surface area contributed by atoms with Crippen molar-refractivity contribution in [1.82, 2.24) is 10.6 Å². The molecule has 0 unspecified atom stereocenters. The molecule has 0 aromatic heterocycles. The maximum absolute atomic E-state index is 12.6. The number of benzene rings is 1. The second-order valence-corrected chi connectivity index (χ2v) is 8.91. The minimum Gasteiger partial charge on any atom is -0.494 e. The van der Waals surface area contributed by atoms with Crippen molar-refractivity contribution in [1.29, 1.82) is 0 Å². The zero-order chi connectivity index (χ0) is 21.9. The number of ether oxygens (including phenoxy) is 1. The summed E-state index contributed by atoms with van der Waals surface area (Å²) in [4.78, 5) is 26.9. The topological polar surface area (TPSA) is 70.7 Å². The zero-order valence-corrected chi connectivity index (χ0v) is 19.0. The quantitative estimate of drug-likeness (QED) is 0.679. The van der Waals surface area contributed by atoms with Gasteiger partial charge in [0, 0.05) is 24.7 Å². The molecule has 2 fully saturated rings. The summed E-state index contributed by atoms with van der Waals surface area (Å²) in [6, 6.07) is 7.49. The fraction of sp³-hybridized carbons (Fsp3) is 0.680. The second-order valence-electron chi connectivity index (χ2n) is 8.91. The van der Waals surface area contributed by atoms with E-state index < -0.39 is 0 Å². The summed E-state index contributed by atoms with van der Waals surface area (Å²) in [6.07, 6.45) is 14.0. The molecule has 1 saturated heterocycles. The smallest absolute Gasteiger partial charge is 0.315 e. The second kappa shape index (κ2) is 12.6. The number of urea groups is 1. The molecule has 1 heterocycles. The summed E-state index contributed by atoms with van der Waals surface area (Å²) in [7, 11) is 0. The highest BCUT2D eigenvalue weighted by Crippen LogP contribution is 2.24. The van der Waals surface area contributed by atoms with Gasteiger partial charge in [-0.1, -0.05) is 57.8 Å². The Hall–Kier alpha value is -2.24. The number of nitrogens with one attached hydrogen (secondary N) is 2. The minimum atomic E-state index is -0.162. The van der Waals surface area contributed by atoms with Crippen LogP contribution in [0, 0.1) is 0 Å². The first-order valence-corrected chi connectivity index (χ1v) is 12.3. The van der Waals surface area contributed by atoms with Gasteiger partial charge in [0.15, 0.2) is 0 Å². The van der Waals surface area contributed by atoms with Gasteiger partial charge in [-0.25, -0.2) is 4.79 Å². The predicted octanol–water partition coefficient (Wildman–Crippen LogP) is 5.16. The molecule has 0 bridgehead atoms. The molecule has 1 aromatic rings. The van der Waals surface area contributed by atoms with Crippen molar-refractivity contribution in [2.45, 2.75) is 96.1 Å². The van der Waals surface area contributed by atoms with Crippen molar-refractivity contribution in [3.05, 3.63) is 24.3 Å². The molecule has 1 saturated carbocycles. The van der Waals surface area contributed by atoms with Crippen LogP contribution in [0.3, 0.4) is 0 Å². The van der Waals surface area contributed by atoms with Crippen LogP contribution in [0.4, 0.5) is 10.5 Å². The molecule has 2 aliphatic rings. The number of rotatable bonds is 5. The molecular formula is C25H39N3O3. The molecule has 1 aromatic carbocycles. The number of amides is 3. The van der Waals surface area contributed by atoms with Crippen LogP contribution in [0.2, 0.25) is 0 Å². The molecule has 2 N–H and O–H groups in total. The molecule has 6 nitrogen and oxygen atoms in total. The first-order chi connectivity index (χ1) is 15.2. The van der Waals surface area contributed by atoms with E-state index in [1.54, 1.807) is 4.90 Å². The van der Waals surface area contributed by atoms with Gasteiger partial charge in [-0.15, -0.1) is 0 Å². The normalized spacial score (nSPS) is 21.8. The fourth-order valence-electron chi connectivity index (χ4n) is 4.66. The van der Waals surface area contributed by atoms with Crippen LogP contribution in [-0.4, -0.2) is 37.2 Å². The van der Waals surface area contributed by atoms with E-state index in [9.17, 15) is 9.59 Å². The van der Waals surface area contributed by atoms with Crippen LogP contribution in [0.1, 0.15) is 84.0 Å².